The molecule has 0 atom stereocenters. The zero-order valence-corrected chi connectivity index (χ0v) is 20.7. The molecule has 1 aliphatic rings. The summed E-state index contributed by atoms with van der Waals surface area (Å²) in [6.07, 6.45) is -3.47. The smallest absolute Gasteiger partial charge is 0.381 e. The summed E-state index contributed by atoms with van der Waals surface area (Å²) in [6, 6.07) is 14.9. The van der Waals surface area contributed by atoms with Gasteiger partial charge in [-0.3, -0.25) is 0 Å². The van der Waals surface area contributed by atoms with Crippen molar-refractivity contribution in [1.29, 1.82) is 0 Å². The van der Waals surface area contributed by atoms with Crippen molar-refractivity contribution in [3.8, 4) is 11.1 Å². The van der Waals surface area contributed by atoms with Crippen LogP contribution in [0.1, 0.15) is 24.0 Å². The van der Waals surface area contributed by atoms with Gasteiger partial charge in [0.15, 0.2) is 0 Å². The van der Waals surface area contributed by atoms with Gasteiger partial charge >= 0.3 is 12.2 Å². The van der Waals surface area contributed by atoms with Crippen LogP contribution in [0.5, 0.6) is 0 Å². The van der Waals surface area contributed by atoms with Crippen LogP contribution in [0.25, 0.3) is 11.1 Å². The van der Waals surface area contributed by atoms with Crippen LogP contribution in [0, 0.1) is 6.92 Å². The van der Waals surface area contributed by atoms with Gasteiger partial charge in [0.25, 0.3) is 0 Å². The molecule has 1 saturated heterocycles. The number of amides is 2. The summed E-state index contributed by atoms with van der Waals surface area (Å²) < 4.78 is 73.3. The van der Waals surface area contributed by atoms with Crippen molar-refractivity contribution in [2.45, 2.75) is 36.9 Å². The summed E-state index contributed by atoms with van der Waals surface area (Å²) >= 11 is 0. The maximum atomic E-state index is 13.1. The molecule has 0 unspecified atom stereocenters. The van der Waals surface area contributed by atoms with Crippen LogP contribution in [-0.2, 0) is 20.9 Å². The van der Waals surface area contributed by atoms with Gasteiger partial charge < -0.3 is 15.4 Å². The number of nitrogens with one attached hydrogen (secondary N) is 3. The van der Waals surface area contributed by atoms with Gasteiger partial charge in [0.05, 0.1) is 16.1 Å². The normalized spacial score (nSPS) is 14.8. The number of anilines is 2. The second-order valence-corrected chi connectivity index (χ2v) is 10.5. The van der Waals surface area contributed by atoms with Crippen molar-refractivity contribution in [1.82, 2.24) is 4.72 Å². The number of hydrogen-bond acceptors (Lipinski definition) is 4. The fraction of sp³-hybridized carbons (Fsp3) is 0.269. The molecule has 0 aliphatic carbocycles. The molecular weight excluding hydrogens is 507 g/mol. The van der Waals surface area contributed by atoms with Crippen molar-refractivity contribution < 1.29 is 31.1 Å². The van der Waals surface area contributed by atoms with Crippen LogP contribution in [-0.4, -0.2) is 33.7 Å². The Labute approximate surface area is 213 Å². The number of ether oxygens (including phenoxy) is 1. The van der Waals surface area contributed by atoms with Gasteiger partial charge in [0.1, 0.15) is 0 Å². The van der Waals surface area contributed by atoms with E-state index in [1.165, 1.54) is 24.3 Å². The lowest BCUT2D eigenvalue weighted by atomic mass is 10.0. The number of carbonyl (C=O) groups excluding carboxylic acids is 1. The lowest BCUT2D eigenvalue weighted by molar-refractivity contribution is -0.137. The van der Waals surface area contributed by atoms with Crippen LogP contribution in [0.3, 0.4) is 0 Å². The van der Waals surface area contributed by atoms with E-state index in [2.05, 4.69) is 15.4 Å². The Balaban J connectivity index is 1.64. The first-order valence-electron chi connectivity index (χ1n) is 11.6. The summed E-state index contributed by atoms with van der Waals surface area (Å²) in [4.78, 5) is 12.7. The van der Waals surface area contributed by atoms with Gasteiger partial charge in [-0.15, -0.1) is 0 Å². The second-order valence-electron chi connectivity index (χ2n) is 8.74. The molecule has 1 heterocycles. The summed E-state index contributed by atoms with van der Waals surface area (Å²) in [6.45, 7) is 2.82. The molecule has 37 heavy (non-hydrogen) atoms. The topological polar surface area (TPSA) is 96.5 Å². The molecule has 3 N–H and O–H groups in total. The molecular formula is C26H26F3N3O4S. The van der Waals surface area contributed by atoms with Crippen molar-refractivity contribution in [3.63, 3.8) is 0 Å². The van der Waals surface area contributed by atoms with Gasteiger partial charge in [-0.05, 0) is 55.7 Å². The molecule has 4 rings (SSSR count). The van der Waals surface area contributed by atoms with Crippen molar-refractivity contribution in [3.05, 3.63) is 77.9 Å². The van der Waals surface area contributed by atoms with Crippen LogP contribution >= 0.6 is 0 Å². The minimum absolute atomic E-state index is 0.0511. The van der Waals surface area contributed by atoms with E-state index in [1.54, 1.807) is 6.07 Å². The molecule has 1 aliphatic heterocycles. The van der Waals surface area contributed by atoms with E-state index in [9.17, 15) is 26.4 Å². The quantitative estimate of drug-likeness (QED) is 0.374. The van der Waals surface area contributed by atoms with E-state index in [0.29, 0.717) is 31.6 Å². The van der Waals surface area contributed by atoms with Crippen molar-refractivity contribution in [2.75, 3.05) is 23.8 Å². The molecule has 0 saturated carbocycles. The molecule has 2 amide bonds. The molecule has 1 fully saturated rings. The fourth-order valence-corrected chi connectivity index (χ4v) is 5.35. The summed E-state index contributed by atoms with van der Waals surface area (Å²) in [5.74, 6) is 0. The average molecular weight is 534 g/mol. The Morgan fingerprint density at radius 1 is 0.946 bits per heavy atom. The maximum absolute atomic E-state index is 13.1. The summed E-state index contributed by atoms with van der Waals surface area (Å²) in [5, 5.41) is 5.00. The summed E-state index contributed by atoms with van der Waals surface area (Å²) in [5.41, 5.74) is 1.45. The summed E-state index contributed by atoms with van der Waals surface area (Å²) in [7, 11) is -3.91. The fourth-order valence-electron chi connectivity index (χ4n) is 4.02. The number of sulfonamides is 1. The third-order valence-electron chi connectivity index (χ3n) is 5.87. The number of rotatable bonds is 6. The number of urea groups is 1. The number of benzene rings is 3. The predicted molar refractivity (Wildman–Crippen MR) is 135 cm³/mol. The number of halogens is 3. The first-order chi connectivity index (χ1) is 17.5. The molecule has 0 spiro atoms. The number of alkyl halides is 3. The molecule has 0 bridgehead atoms. The van der Waals surface area contributed by atoms with Gasteiger partial charge in [-0.1, -0.05) is 42.0 Å². The number of aryl methyl sites for hydroxylation is 1. The Morgan fingerprint density at radius 2 is 1.68 bits per heavy atom. The molecule has 3 aromatic carbocycles. The van der Waals surface area contributed by atoms with Crippen LogP contribution in [0.4, 0.5) is 29.3 Å². The highest BCUT2D eigenvalue weighted by Gasteiger charge is 2.30. The number of hydrogen-bond donors (Lipinski definition) is 3. The lowest BCUT2D eigenvalue weighted by Crippen LogP contribution is -2.38. The molecule has 0 radical (unpaired) electrons. The van der Waals surface area contributed by atoms with E-state index < -0.39 is 27.8 Å². The zero-order valence-electron chi connectivity index (χ0n) is 19.9. The third-order valence-corrected chi connectivity index (χ3v) is 7.39. The Hall–Kier alpha value is -3.41. The van der Waals surface area contributed by atoms with E-state index >= 15 is 0 Å². The molecule has 11 heteroatoms. The highest BCUT2D eigenvalue weighted by Crippen LogP contribution is 2.33. The SMILES string of the molecule is Cc1cccc(-c2ccc(S(=O)(=O)NC3CCOCC3)cc2NC(=O)Nc2cccc(C(F)(F)F)c2)c1. The Bertz CT molecular complexity index is 1390. The zero-order chi connectivity index (χ0) is 26.6. The lowest BCUT2D eigenvalue weighted by Gasteiger charge is -2.23. The monoisotopic (exact) mass is 533 g/mol. The Morgan fingerprint density at radius 3 is 2.38 bits per heavy atom. The number of carbonyl (C=O) groups is 1. The minimum Gasteiger partial charge on any atom is -0.381 e. The second kappa shape index (κ2) is 10.9. The van der Waals surface area contributed by atoms with Gasteiger partial charge in [0.2, 0.25) is 10.0 Å². The van der Waals surface area contributed by atoms with Crippen LogP contribution < -0.4 is 15.4 Å². The van der Waals surface area contributed by atoms with Crippen molar-refractivity contribution >= 4 is 27.4 Å². The molecule has 196 valence electrons. The van der Waals surface area contributed by atoms with E-state index in [4.69, 9.17) is 4.74 Å². The Kier molecular flexibility index (Phi) is 7.86. The largest absolute Gasteiger partial charge is 0.416 e. The van der Waals surface area contributed by atoms with Gasteiger partial charge in [-0.2, -0.15) is 13.2 Å². The molecule has 3 aromatic rings. The maximum Gasteiger partial charge on any atom is 0.416 e. The van der Waals surface area contributed by atoms with Gasteiger partial charge in [-0.25, -0.2) is 17.9 Å². The van der Waals surface area contributed by atoms with Crippen LogP contribution in [0.15, 0.2) is 71.6 Å². The first-order valence-corrected chi connectivity index (χ1v) is 13.1. The third kappa shape index (κ3) is 6.88. The van der Waals surface area contributed by atoms with E-state index in [0.717, 1.165) is 23.3 Å². The standard InChI is InChI=1S/C26H26F3N3O4S/c1-17-4-2-5-18(14-17)23-9-8-22(37(34,35)32-20-10-12-36-13-11-20)16-24(23)31-25(33)30-21-7-3-6-19(15-21)26(27,28)29/h2-9,14-16,20,32H,10-13H2,1H3,(H2,30,31,33). The molecule has 7 nitrogen and oxygen atoms in total. The first kappa shape index (κ1) is 26.6. The average Bonchev–Trinajstić information content (AvgIpc) is 2.84. The van der Waals surface area contributed by atoms with Gasteiger partial charge in [0, 0.05) is 30.5 Å². The molecule has 0 aromatic heterocycles. The van der Waals surface area contributed by atoms with E-state index in [1.807, 2.05) is 31.2 Å². The van der Waals surface area contributed by atoms with E-state index in [-0.39, 0.29) is 22.3 Å². The van der Waals surface area contributed by atoms with Crippen molar-refractivity contribution in [2.24, 2.45) is 0 Å². The highest BCUT2D eigenvalue weighted by molar-refractivity contribution is 7.89. The van der Waals surface area contributed by atoms with Crippen LogP contribution in [0.2, 0.25) is 0 Å². The predicted octanol–water partition coefficient (Wildman–Crippen LogP) is 5.78. The minimum atomic E-state index is -4.56. The highest BCUT2D eigenvalue weighted by atomic mass is 32.2.